The minimum Gasteiger partial charge on any atom is -0.493 e. The van der Waals surface area contributed by atoms with Crippen LogP contribution in [-0.2, 0) is 6.42 Å². The second-order valence-corrected chi connectivity index (χ2v) is 6.37. The summed E-state index contributed by atoms with van der Waals surface area (Å²) < 4.78 is 10.5. The molecule has 0 saturated heterocycles. The maximum atomic E-state index is 12.8. The summed E-state index contributed by atoms with van der Waals surface area (Å²) in [5, 5.41) is 3.29. The van der Waals surface area contributed by atoms with E-state index in [1.54, 1.807) is 12.1 Å². The van der Waals surface area contributed by atoms with E-state index >= 15 is 0 Å². The topological polar surface area (TPSA) is 47.6 Å². The summed E-state index contributed by atoms with van der Waals surface area (Å²) in [4.78, 5) is 12.8. The number of hydrogen-bond acceptors (Lipinski definition) is 3. The molecule has 0 unspecified atom stereocenters. The predicted molar refractivity (Wildman–Crippen MR) is 108 cm³/mol. The van der Waals surface area contributed by atoms with Gasteiger partial charge in [-0.1, -0.05) is 60.1 Å². The van der Waals surface area contributed by atoms with Crippen molar-refractivity contribution in [1.29, 1.82) is 0 Å². The molecule has 0 aromatic heterocycles. The highest BCUT2D eigenvalue weighted by atomic mass is 35.5. The standard InChI is InChI=1S/C22H20ClNO3/c1-26-20-14-17(13-18(23)21(20)27-2)22(25)24-19-11-7-6-10-16(19)12-15-8-4-3-5-9-15/h3-11,13-14H,12H2,1-2H3,(H,24,25). The first-order valence-corrected chi connectivity index (χ1v) is 8.85. The Labute approximate surface area is 163 Å². The molecule has 4 nitrogen and oxygen atoms in total. The van der Waals surface area contributed by atoms with Crippen molar-refractivity contribution in [2.45, 2.75) is 6.42 Å². The Morgan fingerprint density at radius 1 is 0.963 bits per heavy atom. The van der Waals surface area contributed by atoms with Gasteiger partial charge in [-0.15, -0.1) is 0 Å². The number of carbonyl (C=O) groups is 1. The normalized spacial score (nSPS) is 10.3. The summed E-state index contributed by atoms with van der Waals surface area (Å²) in [5.74, 6) is 0.547. The average molecular weight is 382 g/mol. The maximum absolute atomic E-state index is 12.8. The highest BCUT2D eigenvalue weighted by Gasteiger charge is 2.16. The fourth-order valence-electron chi connectivity index (χ4n) is 2.86. The molecular formula is C22H20ClNO3. The quantitative estimate of drug-likeness (QED) is 0.638. The van der Waals surface area contributed by atoms with Crippen molar-refractivity contribution >= 4 is 23.2 Å². The molecule has 0 saturated carbocycles. The lowest BCUT2D eigenvalue weighted by Crippen LogP contribution is -2.14. The Hall–Kier alpha value is -2.98. The molecule has 5 heteroatoms. The Morgan fingerprint density at radius 2 is 1.67 bits per heavy atom. The van der Waals surface area contributed by atoms with E-state index in [1.807, 2.05) is 42.5 Å². The van der Waals surface area contributed by atoms with Gasteiger partial charge >= 0.3 is 0 Å². The van der Waals surface area contributed by atoms with Crippen LogP contribution in [-0.4, -0.2) is 20.1 Å². The lowest BCUT2D eigenvalue weighted by atomic mass is 10.0. The molecule has 0 aliphatic carbocycles. The summed E-state index contributed by atoms with van der Waals surface area (Å²) in [6.07, 6.45) is 0.726. The number of nitrogens with one attached hydrogen (secondary N) is 1. The Kier molecular flexibility index (Phi) is 5.99. The second-order valence-electron chi connectivity index (χ2n) is 5.97. The number of para-hydroxylation sites is 1. The molecule has 1 N–H and O–H groups in total. The minimum atomic E-state index is -0.265. The van der Waals surface area contributed by atoms with Gasteiger partial charge in [0.2, 0.25) is 0 Å². The summed E-state index contributed by atoms with van der Waals surface area (Å²) in [5.41, 5.74) is 3.36. The van der Waals surface area contributed by atoms with E-state index < -0.39 is 0 Å². The van der Waals surface area contributed by atoms with Crippen LogP contribution >= 0.6 is 11.6 Å². The van der Waals surface area contributed by atoms with Crippen LogP contribution in [0.2, 0.25) is 5.02 Å². The fraction of sp³-hybridized carbons (Fsp3) is 0.136. The first-order chi connectivity index (χ1) is 13.1. The molecular weight excluding hydrogens is 362 g/mol. The zero-order chi connectivity index (χ0) is 19.2. The van der Waals surface area contributed by atoms with Gasteiger partial charge in [0.25, 0.3) is 5.91 Å². The summed E-state index contributed by atoms with van der Waals surface area (Å²) in [6.45, 7) is 0. The van der Waals surface area contributed by atoms with Crippen LogP contribution < -0.4 is 14.8 Å². The van der Waals surface area contributed by atoms with Crippen LogP contribution in [0.15, 0.2) is 66.7 Å². The molecule has 3 rings (SSSR count). The summed E-state index contributed by atoms with van der Waals surface area (Å²) >= 11 is 6.21. The smallest absolute Gasteiger partial charge is 0.255 e. The highest BCUT2D eigenvalue weighted by Crippen LogP contribution is 2.36. The molecule has 0 bridgehead atoms. The number of carbonyl (C=O) groups excluding carboxylic acids is 1. The van der Waals surface area contributed by atoms with Crippen molar-refractivity contribution < 1.29 is 14.3 Å². The zero-order valence-electron chi connectivity index (χ0n) is 15.2. The maximum Gasteiger partial charge on any atom is 0.255 e. The minimum absolute atomic E-state index is 0.265. The van der Waals surface area contributed by atoms with Gasteiger partial charge in [-0.3, -0.25) is 4.79 Å². The van der Waals surface area contributed by atoms with Gasteiger partial charge in [0.15, 0.2) is 11.5 Å². The van der Waals surface area contributed by atoms with E-state index in [0.29, 0.717) is 22.1 Å². The van der Waals surface area contributed by atoms with Crippen molar-refractivity contribution in [3.63, 3.8) is 0 Å². The molecule has 0 radical (unpaired) electrons. The molecule has 138 valence electrons. The molecule has 0 heterocycles. The Bertz CT molecular complexity index is 942. The molecule has 0 aliphatic rings. The first kappa shape index (κ1) is 18.8. The SMILES string of the molecule is COc1cc(C(=O)Nc2ccccc2Cc2ccccc2)cc(Cl)c1OC. The summed E-state index contributed by atoms with van der Waals surface area (Å²) in [7, 11) is 3.01. The number of benzene rings is 3. The predicted octanol–water partition coefficient (Wildman–Crippen LogP) is 5.20. The monoisotopic (exact) mass is 381 g/mol. The van der Waals surface area contributed by atoms with Crippen molar-refractivity contribution in [1.82, 2.24) is 0 Å². The number of rotatable bonds is 6. The van der Waals surface area contributed by atoms with Crippen LogP contribution in [0.1, 0.15) is 21.5 Å². The molecule has 1 amide bonds. The zero-order valence-corrected chi connectivity index (χ0v) is 15.9. The van der Waals surface area contributed by atoms with Gasteiger partial charge in [-0.05, 0) is 35.7 Å². The van der Waals surface area contributed by atoms with E-state index in [4.69, 9.17) is 21.1 Å². The molecule has 0 atom stereocenters. The second kappa shape index (κ2) is 8.60. The Balaban J connectivity index is 1.86. The molecule has 3 aromatic rings. The van der Waals surface area contributed by atoms with Crippen LogP contribution in [0, 0.1) is 0 Å². The van der Waals surface area contributed by atoms with Gasteiger partial charge in [0.05, 0.1) is 19.2 Å². The molecule has 3 aromatic carbocycles. The van der Waals surface area contributed by atoms with E-state index in [2.05, 4.69) is 17.4 Å². The molecule has 0 spiro atoms. The van der Waals surface area contributed by atoms with Gasteiger partial charge in [-0.2, -0.15) is 0 Å². The van der Waals surface area contributed by atoms with Gasteiger partial charge in [0, 0.05) is 11.3 Å². The number of methoxy groups -OCH3 is 2. The third kappa shape index (κ3) is 4.41. The fourth-order valence-corrected chi connectivity index (χ4v) is 3.14. The average Bonchev–Trinajstić information content (AvgIpc) is 2.69. The van der Waals surface area contributed by atoms with Crippen LogP contribution in [0.25, 0.3) is 0 Å². The number of halogens is 1. The van der Waals surface area contributed by atoms with Gasteiger partial charge in [0.1, 0.15) is 0 Å². The number of hydrogen-bond donors (Lipinski definition) is 1. The van der Waals surface area contributed by atoms with E-state index in [9.17, 15) is 4.79 Å². The van der Waals surface area contributed by atoms with Crippen molar-refractivity contribution in [2.24, 2.45) is 0 Å². The molecule has 0 fully saturated rings. The van der Waals surface area contributed by atoms with E-state index in [0.717, 1.165) is 17.7 Å². The number of anilines is 1. The first-order valence-electron chi connectivity index (χ1n) is 8.47. The highest BCUT2D eigenvalue weighted by molar-refractivity contribution is 6.32. The molecule has 27 heavy (non-hydrogen) atoms. The third-order valence-corrected chi connectivity index (χ3v) is 4.48. The van der Waals surface area contributed by atoms with Crippen molar-refractivity contribution in [2.75, 3.05) is 19.5 Å². The van der Waals surface area contributed by atoms with Crippen LogP contribution in [0.5, 0.6) is 11.5 Å². The number of ether oxygens (including phenoxy) is 2. The third-order valence-electron chi connectivity index (χ3n) is 4.20. The lowest BCUT2D eigenvalue weighted by Gasteiger charge is -2.14. The van der Waals surface area contributed by atoms with Crippen molar-refractivity contribution in [3.05, 3.63) is 88.4 Å². The lowest BCUT2D eigenvalue weighted by molar-refractivity contribution is 0.102. The number of amides is 1. The van der Waals surface area contributed by atoms with Gasteiger partial charge in [-0.25, -0.2) is 0 Å². The van der Waals surface area contributed by atoms with E-state index in [1.165, 1.54) is 19.8 Å². The largest absolute Gasteiger partial charge is 0.493 e. The van der Waals surface area contributed by atoms with Crippen LogP contribution in [0.3, 0.4) is 0 Å². The van der Waals surface area contributed by atoms with Gasteiger partial charge < -0.3 is 14.8 Å². The molecule has 0 aliphatic heterocycles. The summed E-state index contributed by atoms with van der Waals surface area (Å²) in [6, 6.07) is 21.0. The van der Waals surface area contributed by atoms with E-state index in [-0.39, 0.29) is 5.91 Å². The van der Waals surface area contributed by atoms with Crippen LogP contribution in [0.4, 0.5) is 5.69 Å². The van der Waals surface area contributed by atoms with Crippen molar-refractivity contribution in [3.8, 4) is 11.5 Å². The Morgan fingerprint density at radius 3 is 2.37 bits per heavy atom.